The zero-order valence-corrected chi connectivity index (χ0v) is 17.3. The Balaban J connectivity index is 1.75. The SMILES string of the molecule is COc1cc2nc(NCC(=O)Nc3ccc(Br)cc3C)nc(N)c2cc1OC. The summed E-state index contributed by atoms with van der Waals surface area (Å²) in [7, 11) is 3.09. The van der Waals surface area contributed by atoms with Crippen LogP contribution in [0.2, 0.25) is 0 Å². The van der Waals surface area contributed by atoms with E-state index in [2.05, 4.69) is 36.5 Å². The molecule has 1 heterocycles. The fraction of sp³-hybridized carbons (Fsp3) is 0.211. The summed E-state index contributed by atoms with van der Waals surface area (Å²) in [6.45, 7) is 1.91. The van der Waals surface area contributed by atoms with Crippen molar-refractivity contribution in [2.24, 2.45) is 0 Å². The molecule has 1 aromatic heterocycles. The maximum Gasteiger partial charge on any atom is 0.243 e. The van der Waals surface area contributed by atoms with E-state index in [9.17, 15) is 4.79 Å². The predicted octanol–water partition coefficient (Wildman–Crippen LogP) is 3.35. The van der Waals surface area contributed by atoms with E-state index in [0.29, 0.717) is 22.4 Å². The number of nitrogens with two attached hydrogens (primary N) is 1. The number of hydrogen-bond acceptors (Lipinski definition) is 7. The molecule has 3 aromatic rings. The van der Waals surface area contributed by atoms with E-state index in [4.69, 9.17) is 15.2 Å². The van der Waals surface area contributed by atoms with Gasteiger partial charge in [0.15, 0.2) is 11.5 Å². The van der Waals surface area contributed by atoms with Gasteiger partial charge in [0.1, 0.15) is 5.82 Å². The molecule has 3 rings (SSSR count). The summed E-state index contributed by atoms with van der Waals surface area (Å²) >= 11 is 3.40. The first-order chi connectivity index (χ1) is 13.4. The van der Waals surface area contributed by atoms with Gasteiger partial charge in [0.05, 0.1) is 26.3 Å². The summed E-state index contributed by atoms with van der Waals surface area (Å²) in [5, 5.41) is 6.38. The number of carbonyl (C=O) groups excluding carboxylic acids is 1. The maximum absolute atomic E-state index is 12.2. The van der Waals surface area contributed by atoms with Gasteiger partial charge >= 0.3 is 0 Å². The number of nitrogen functional groups attached to an aromatic ring is 1. The first-order valence-corrected chi connectivity index (χ1v) is 9.19. The number of fused-ring (bicyclic) bond motifs is 1. The van der Waals surface area contributed by atoms with Gasteiger partial charge in [-0.25, -0.2) is 4.98 Å². The number of methoxy groups -OCH3 is 2. The van der Waals surface area contributed by atoms with Crippen molar-refractivity contribution in [2.45, 2.75) is 6.92 Å². The molecule has 4 N–H and O–H groups in total. The van der Waals surface area contributed by atoms with Gasteiger partial charge in [-0.3, -0.25) is 4.79 Å². The van der Waals surface area contributed by atoms with Crippen molar-refractivity contribution in [3.05, 3.63) is 40.4 Å². The largest absolute Gasteiger partial charge is 0.493 e. The van der Waals surface area contributed by atoms with Crippen LogP contribution in [0.25, 0.3) is 10.9 Å². The van der Waals surface area contributed by atoms with Crippen LogP contribution in [0, 0.1) is 6.92 Å². The van der Waals surface area contributed by atoms with Crippen LogP contribution in [-0.2, 0) is 4.79 Å². The number of nitrogens with zero attached hydrogens (tertiary/aromatic N) is 2. The summed E-state index contributed by atoms with van der Waals surface area (Å²) in [6, 6.07) is 9.06. The lowest BCUT2D eigenvalue weighted by atomic mass is 10.2. The number of rotatable bonds is 6. The molecule has 0 atom stereocenters. The monoisotopic (exact) mass is 445 g/mol. The molecule has 146 valence electrons. The lowest BCUT2D eigenvalue weighted by Crippen LogP contribution is -2.23. The predicted molar refractivity (Wildman–Crippen MR) is 113 cm³/mol. The minimum atomic E-state index is -0.222. The fourth-order valence-corrected chi connectivity index (χ4v) is 3.15. The molecule has 2 aromatic carbocycles. The van der Waals surface area contributed by atoms with Gasteiger partial charge in [0.2, 0.25) is 11.9 Å². The molecule has 9 heteroatoms. The van der Waals surface area contributed by atoms with E-state index < -0.39 is 0 Å². The lowest BCUT2D eigenvalue weighted by molar-refractivity contribution is -0.114. The van der Waals surface area contributed by atoms with Crippen LogP contribution in [0.15, 0.2) is 34.8 Å². The van der Waals surface area contributed by atoms with E-state index in [1.54, 1.807) is 26.4 Å². The number of anilines is 3. The second-order valence-corrected chi connectivity index (χ2v) is 6.93. The highest BCUT2D eigenvalue weighted by molar-refractivity contribution is 9.10. The second-order valence-electron chi connectivity index (χ2n) is 6.02. The summed E-state index contributed by atoms with van der Waals surface area (Å²) in [4.78, 5) is 20.9. The number of carbonyl (C=O) groups is 1. The minimum Gasteiger partial charge on any atom is -0.493 e. The third-order valence-electron chi connectivity index (χ3n) is 4.10. The minimum absolute atomic E-state index is 0.00621. The maximum atomic E-state index is 12.2. The van der Waals surface area contributed by atoms with Crippen molar-refractivity contribution < 1.29 is 14.3 Å². The third kappa shape index (κ3) is 4.25. The van der Waals surface area contributed by atoms with Gasteiger partial charge in [-0.1, -0.05) is 15.9 Å². The Labute approximate surface area is 170 Å². The van der Waals surface area contributed by atoms with Gasteiger partial charge in [-0.05, 0) is 36.8 Å². The molecule has 0 fully saturated rings. The van der Waals surface area contributed by atoms with Crippen LogP contribution in [0.4, 0.5) is 17.5 Å². The number of halogens is 1. The topological polar surface area (TPSA) is 111 Å². The first-order valence-electron chi connectivity index (χ1n) is 8.40. The highest BCUT2D eigenvalue weighted by atomic mass is 79.9. The Bertz CT molecular complexity index is 1040. The van der Waals surface area contributed by atoms with Crippen molar-refractivity contribution in [1.82, 2.24) is 9.97 Å². The number of amides is 1. The van der Waals surface area contributed by atoms with Gasteiger partial charge < -0.3 is 25.8 Å². The average molecular weight is 446 g/mol. The number of aromatic nitrogens is 2. The molecule has 28 heavy (non-hydrogen) atoms. The van der Waals surface area contributed by atoms with E-state index in [1.807, 2.05) is 25.1 Å². The van der Waals surface area contributed by atoms with Crippen LogP contribution in [0.5, 0.6) is 11.5 Å². The fourth-order valence-electron chi connectivity index (χ4n) is 2.68. The Kier molecular flexibility index (Phi) is 5.84. The van der Waals surface area contributed by atoms with Gasteiger partial charge in [0.25, 0.3) is 0 Å². The number of hydrogen-bond donors (Lipinski definition) is 3. The molecule has 1 amide bonds. The number of aryl methyl sites for hydroxylation is 1. The van der Waals surface area contributed by atoms with E-state index >= 15 is 0 Å². The van der Waals surface area contributed by atoms with E-state index in [-0.39, 0.29) is 24.2 Å². The molecular formula is C19H20BrN5O3. The van der Waals surface area contributed by atoms with Crippen molar-refractivity contribution in [3.63, 3.8) is 0 Å². The standard InChI is InChI=1S/C19H20BrN5O3/c1-10-6-11(20)4-5-13(10)23-17(26)9-22-19-24-14-8-16(28-3)15(27-2)7-12(14)18(21)25-19/h4-8H,9H2,1-3H3,(H,23,26)(H3,21,22,24,25). The van der Waals surface area contributed by atoms with Crippen molar-refractivity contribution in [3.8, 4) is 11.5 Å². The smallest absolute Gasteiger partial charge is 0.243 e. The summed E-state index contributed by atoms with van der Waals surface area (Å²) in [5.74, 6) is 1.37. The van der Waals surface area contributed by atoms with Crippen molar-refractivity contribution in [1.29, 1.82) is 0 Å². The number of ether oxygens (including phenoxy) is 2. The normalized spacial score (nSPS) is 10.6. The van der Waals surface area contributed by atoms with Crippen LogP contribution in [0.1, 0.15) is 5.56 Å². The summed E-state index contributed by atoms with van der Waals surface area (Å²) < 4.78 is 11.5. The Hall–Kier alpha value is -3.07. The molecule has 0 unspecified atom stereocenters. The average Bonchev–Trinajstić information content (AvgIpc) is 2.67. The van der Waals surface area contributed by atoms with Crippen LogP contribution in [0.3, 0.4) is 0 Å². The van der Waals surface area contributed by atoms with E-state index in [0.717, 1.165) is 15.7 Å². The zero-order valence-electron chi connectivity index (χ0n) is 15.7. The van der Waals surface area contributed by atoms with Crippen molar-refractivity contribution >= 4 is 50.2 Å². The molecule has 0 aliphatic heterocycles. The highest BCUT2D eigenvalue weighted by Gasteiger charge is 2.12. The molecule has 0 aliphatic carbocycles. The van der Waals surface area contributed by atoms with Crippen LogP contribution >= 0.6 is 15.9 Å². The first kappa shape index (κ1) is 19.7. The Morgan fingerprint density at radius 1 is 1.14 bits per heavy atom. The third-order valence-corrected chi connectivity index (χ3v) is 4.59. The highest BCUT2D eigenvalue weighted by Crippen LogP contribution is 2.33. The van der Waals surface area contributed by atoms with Gasteiger partial charge in [-0.2, -0.15) is 4.98 Å². The molecule has 0 spiro atoms. The number of benzene rings is 2. The molecule has 0 radical (unpaired) electrons. The molecule has 0 saturated carbocycles. The summed E-state index contributed by atoms with van der Waals surface area (Å²) in [5.41, 5.74) is 8.32. The molecule has 0 saturated heterocycles. The number of nitrogens with one attached hydrogen (secondary N) is 2. The summed E-state index contributed by atoms with van der Waals surface area (Å²) in [6.07, 6.45) is 0. The van der Waals surface area contributed by atoms with Gasteiger partial charge in [0, 0.05) is 21.6 Å². The van der Waals surface area contributed by atoms with Crippen LogP contribution in [-0.4, -0.2) is 36.6 Å². The molecule has 0 aliphatic rings. The Morgan fingerprint density at radius 2 is 1.86 bits per heavy atom. The molecule has 8 nitrogen and oxygen atoms in total. The zero-order chi connectivity index (χ0) is 20.3. The molecular weight excluding hydrogens is 426 g/mol. The quantitative estimate of drug-likeness (QED) is 0.533. The Morgan fingerprint density at radius 3 is 2.54 bits per heavy atom. The van der Waals surface area contributed by atoms with Crippen LogP contribution < -0.4 is 25.8 Å². The lowest BCUT2D eigenvalue weighted by Gasteiger charge is -2.12. The van der Waals surface area contributed by atoms with Gasteiger partial charge in [-0.15, -0.1) is 0 Å². The van der Waals surface area contributed by atoms with E-state index in [1.165, 1.54) is 0 Å². The molecule has 0 bridgehead atoms. The second kappa shape index (κ2) is 8.30. The van der Waals surface area contributed by atoms with Crippen molar-refractivity contribution in [2.75, 3.05) is 37.1 Å².